The SMILES string of the molecule is Cc1oc2ccc(-c3cccc(C4CC4)c3)cc2c1C(=O)N[C@@](C)(CO)C(N)=O. The summed E-state index contributed by atoms with van der Waals surface area (Å²) in [6, 6.07) is 14.2. The fraction of sp³-hybridized carbons (Fsp3) is 0.304. The second-order valence-electron chi connectivity index (χ2n) is 7.95. The molecule has 4 rings (SSSR count). The third-order valence-electron chi connectivity index (χ3n) is 5.61. The van der Waals surface area contributed by atoms with Crippen molar-refractivity contribution in [2.45, 2.75) is 38.1 Å². The van der Waals surface area contributed by atoms with E-state index in [1.54, 1.807) is 6.92 Å². The van der Waals surface area contributed by atoms with Gasteiger partial charge in [-0.25, -0.2) is 0 Å². The number of rotatable bonds is 6. The molecule has 2 amide bonds. The van der Waals surface area contributed by atoms with Gasteiger partial charge in [-0.05, 0) is 61.4 Å². The Morgan fingerprint density at radius 2 is 1.93 bits per heavy atom. The molecular formula is C23H24N2O4. The lowest BCUT2D eigenvalue weighted by Crippen LogP contribution is -2.57. The summed E-state index contributed by atoms with van der Waals surface area (Å²) in [5.74, 6) is -0.232. The third-order valence-corrected chi connectivity index (χ3v) is 5.61. The summed E-state index contributed by atoms with van der Waals surface area (Å²) in [6.45, 7) is 2.49. The van der Waals surface area contributed by atoms with E-state index in [0.29, 0.717) is 28.2 Å². The van der Waals surface area contributed by atoms with Gasteiger partial charge in [0.1, 0.15) is 16.9 Å². The van der Waals surface area contributed by atoms with Gasteiger partial charge in [0.05, 0.1) is 12.2 Å². The van der Waals surface area contributed by atoms with Gasteiger partial charge < -0.3 is 20.6 Å². The lowest BCUT2D eigenvalue weighted by molar-refractivity contribution is -0.124. The molecule has 1 heterocycles. The van der Waals surface area contributed by atoms with Crippen molar-refractivity contribution in [2.24, 2.45) is 5.73 Å². The van der Waals surface area contributed by atoms with Gasteiger partial charge >= 0.3 is 0 Å². The summed E-state index contributed by atoms with van der Waals surface area (Å²) in [5, 5.41) is 12.7. The first kappa shape index (κ1) is 19.2. The van der Waals surface area contributed by atoms with Gasteiger partial charge in [0.25, 0.3) is 5.91 Å². The average Bonchev–Trinajstić information content (AvgIpc) is 3.49. The second kappa shape index (κ2) is 7.04. The first-order chi connectivity index (χ1) is 13.8. The third kappa shape index (κ3) is 3.51. The number of amides is 2. The highest BCUT2D eigenvalue weighted by molar-refractivity contribution is 6.09. The molecule has 1 atom stereocenters. The van der Waals surface area contributed by atoms with Crippen LogP contribution in [0.5, 0.6) is 0 Å². The predicted octanol–water partition coefficient (Wildman–Crippen LogP) is 3.25. The zero-order valence-corrected chi connectivity index (χ0v) is 16.5. The van der Waals surface area contributed by atoms with Crippen molar-refractivity contribution in [3.05, 3.63) is 59.4 Å². The molecule has 6 heteroatoms. The van der Waals surface area contributed by atoms with Crippen LogP contribution in [0.3, 0.4) is 0 Å². The Morgan fingerprint density at radius 3 is 2.59 bits per heavy atom. The van der Waals surface area contributed by atoms with Crippen LogP contribution in [0.25, 0.3) is 22.1 Å². The maximum atomic E-state index is 12.9. The van der Waals surface area contributed by atoms with E-state index in [1.807, 2.05) is 18.2 Å². The Hall–Kier alpha value is -3.12. The van der Waals surface area contributed by atoms with Gasteiger partial charge in [0.15, 0.2) is 0 Å². The number of fused-ring (bicyclic) bond motifs is 1. The number of benzene rings is 2. The molecule has 0 saturated heterocycles. The number of aliphatic hydroxyl groups excluding tert-OH is 1. The molecule has 29 heavy (non-hydrogen) atoms. The number of carbonyl (C=O) groups excluding carboxylic acids is 2. The maximum Gasteiger partial charge on any atom is 0.256 e. The predicted molar refractivity (Wildman–Crippen MR) is 111 cm³/mol. The molecule has 1 aromatic heterocycles. The zero-order chi connectivity index (χ0) is 20.8. The number of aliphatic hydroxyl groups is 1. The zero-order valence-electron chi connectivity index (χ0n) is 16.5. The van der Waals surface area contributed by atoms with Crippen molar-refractivity contribution in [1.29, 1.82) is 0 Å². The van der Waals surface area contributed by atoms with Crippen molar-refractivity contribution in [3.8, 4) is 11.1 Å². The van der Waals surface area contributed by atoms with Crippen molar-refractivity contribution >= 4 is 22.8 Å². The Labute approximate surface area is 168 Å². The summed E-state index contributed by atoms with van der Waals surface area (Å²) in [5.41, 5.74) is 8.11. The van der Waals surface area contributed by atoms with Gasteiger partial charge in [-0.2, -0.15) is 0 Å². The molecule has 3 aromatic rings. The topological polar surface area (TPSA) is 106 Å². The molecule has 150 valence electrons. The molecule has 2 aromatic carbocycles. The van der Waals surface area contributed by atoms with E-state index >= 15 is 0 Å². The van der Waals surface area contributed by atoms with Crippen LogP contribution in [0, 0.1) is 6.92 Å². The highest BCUT2D eigenvalue weighted by atomic mass is 16.3. The van der Waals surface area contributed by atoms with Crippen LogP contribution < -0.4 is 11.1 Å². The van der Waals surface area contributed by atoms with Crippen LogP contribution in [0.4, 0.5) is 0 Å². The van der Waals surface area contributed by atoms with E-state index in [1.165, 1.54) is 25.3 Å². The average molecular weight is 392 g/mol. The fourth-order valence-corrected chi connectivity index (χ4v) is 3.56. The summed E-state index contributed by atoms with van der Waals surface area (Å²) in [4.78, 5) is 24.6. The first-order valence-electron chi connectivity index (χ1n) is 9.69. The highest BCUT2D eigenvalue weighted by Crippen LogP contribution is 2.41. The minimum Gasteiger partial charge on any atom is -0.461 e. The van der Waals surface area contributed by atoms with Gasteiger partial charge in [-0.1, -0.05) is 30.3 Å². The molecule has 1 aliphatic carbocycles. The minimum atomic E-state index is -1.55. The molecule has 0 bridgehead atoms. The maximum absolute atomic E-state index is 12.9. The number of hydrogen-bond acceptors (Lipinski definition) is 4. The van der Waals surface area contributed by atoms with E-state index in [9.17, 15) is 14.7 Å². The van der Waals surface area contributed by atoms with Crippen molar-refractivity contribution in [1.82, 2.24) is 5.32 Å². The van der Waals surface area contributed by atoms with Crippen LogP contribution in [0.1, 0.15) is 47.4 Å². The van der Waals surface area contributed by atoms with Crippen LogP contribution in [0.2, 0.25) is 0 Å². The van der Waals surface area contributed by atoms with Crippen molar-refractivity contribution in [2.75, 3.05) is 6.61 Å². The fourth-order valence-electron chi connectivity index (χ4n) is 3.56. The van der Waals surface area contributed by atoms with Crippen LogP contribution in [-0.2, 0) is 4.79 Å². The molecule has 1 saturated carbocycles. The van der Waals surface area contributed by atoms with E-state index < -0.39 is 24.0 Å². The number of hydrogen-bond donors (Lipinski definition) is 3. The smallest absolute Gasteiger partial charge is 0.256 e. The first-order valence-corrected chi connectivity index (χ1v) is 9.69. The van der Waals surface area contributed by atoms with E-state index in [2.05, 4.69) is 29.6 Å². The van der Waals surface area contributed by atoms with Crippen LogP contribution in [-0.4, -0.2) is 29.1 Å². The Balaban J connectivity index is 1.74. The van der Waals surface area contributed by atoms with Crippen molar-refractivity contribution < 1.29 is 19.1 Å². The van der Waals surface area contributed by atoms with Crippen LogP contribution >= 0.6 is 0 Å². The molecule has 4 N–H and O–H groups in total. The molecule has 1 aliphatic rings. The molecule has 6 nitrogen and oxygen atoms in total. The summed E-state index contributed by atoms with van der Waals surface area (Å²) >= 11 is 0. The number of carbonyl (C=O) groups is 2. The lowest BCUT2D eigenvalue weighted by atomic mass is 9.98. The minimum absolute atomic E-state index is 0.334. The Kier molecular flexibility index (Phi) is 4.67. The van der Waals surface area contributed by atoms with Gasteiger partial charge in [0.2, 0.25) is 5.91 Å². The number of primary amides is 1. The largest absolute Gasteiger partial charge is 0.461 e. The van der Waals surface area contributed by atoms with E-state index in [-0.39, 0.29) is 0 Å². The molecule has 0 radical (unpaired) electrons. The molecule has 0 spiro atoms. The number of nitrogens with one attached hydrogen (secondary N) is 1. The molecular weight excluding hydrogens is 368 g/mol. The summed E-state index contributed by atoms with van der Waals surface area (Å²) < 4.78 is 5.75. The van der Waals surface area contributed by atoms with Crippen molar-refractivity contribution in [3.63, 3.8) is 0 Å². The molecule has 1 fully saturated rings. The van der Waals surface area contributed by atoms with E-state index in [4.69, 9.17) is 10.2 Å². The summed E-state index contributed by atoms with van der Waals surface area (Å²) in [6.07, 6.45) is 2.47. The second-order valence-corrected chi connectivity index (χ2v) is 7.95. The monoisotopic (exact) mass is 392 g/mol. The number of aryl methyl sites for hydroxylation is 1. The Morgan fingerprint density at radius 1 is 1.21 bits per heavy atom. The number of nitrogens with two attached hydrogens (primary N) is 1. The van der Waals surface area contributed by atoms with Gasteiger partial charge in [-0.3, -0.25) is 9.59 Å². The molecule has 0 unspecified atom stereocenters. The number of furan rings is 1. The van der Waals surface area contributed by atoms with Crippen LogP contribution in [0.15, 0.2) is 46.9 Å². The molecule has 0 aliphatic heterocycles. The normalized spacial score (nSPS) is 15.8. The van der Waals surface area contributed by atoms with E-state index in [0.717, 1.165) is 11.1 Å². The quantitative estimate of drug-likeness (QED) is 0.599. The van der Waals surface area contributed by atoms with Gasteiger partial charge in [0, 0.05) is 5.39 Å². The summed E-state index contributed by atoms with van der Waals surface area (Å²) in [7, 11) is 0. The Bertz CT molecular complexity index is 1110. The highest BCUT2D eigenvalue weighted by Gasteiger charge is 2.34. The van der Waals surface area contributed by atoms with Gasteiger partial charge in [-0.15, -0.1) is 0 Å². The standard InChI is InChI=1S/C23H24N2O4/c1-13-20(21(27)25-23(2,12-26)22(24)28)18-11-17(8-9-19(18)29-13)16-5-3-4-15(10-16)14-6-7-14/h3-5,8-11,14,26H,6-7,12H2,1-2H3,(H2,24,28)(H,25,27)/t23-/m0/s1. The lowest BCUT2D eigenvalue weighted by Gasteiger charge is -2.24.